The van der Waals surface area contributed by atoms with Crippen LogP contribution in [0.5, 0.6) is 0 Å². The van der Waals surface area contributed by atoms with E-state index in [0.29, 0.717) is 43.9 Å². The van der Waals surface area contributed by atoms with E-state index >= 15 is 0 Å². The van der Waals surface area contributed by atoms with E-state index in [1.165, 1.54) is 12.1 Å². The van der Waals surface area contributed by atoms with Gasteiger partial charge in [-0.3, -0.25) is 5.10 Å². The number of nitrogens with one attached hydrogen (secondary N) is 3. The van der Waals surface area contributed by atoms with Crippen LogP contribution in [0, 0.1) is 5.82 Å². The van der Waals surface area contributed by atoms with Crippen LogP contribution in [0.15, 0.2) is 65.9 Å². The van der Waals surface area contributed by atoms with Gasteiger partial charge < -0.3 is 15.0 Å². The smallest absolute Gasteiger partial charge is 0.250 e. The van der Waals surface area contributed by atoms with Crippen LogP contribution in [-0.4, -0.2) is 57.7 Å². The largest absolute Gasteiger partial charge is 0.378 e. The van der Waals surface area contributed by atoms with E-state index < -0.39 is 0 Å². The monoisotopic (exact) mass is 495 g/mol. The lowest BCUT2D eigenvalue weighted by Crippen LogP contribution is -2.37. The molecule has 10 nitrogen and oxygen atoms in total. The van der Waals surface area contributed by atoms with Gasteiger partial charge in [-0.15, -0.1) is 12.4 Å². The van der Waals surface area contributed by atoms with Crippen LogP contribution >= 0.6 is 12.4 Å². The molecule has 2 aromatic carbocycles. The normalized spacial score (nSPS) is 13.5. The molecule has 0 radical (unpaired) electrons. The summed E-state index contributed by atoms with van der Waals surface area (Å²) >= 11 is 0. The van der Waals surface area contributed by atoms with Crippen molar-refractivity contribution in [1.82, 2.24) is 25.1 Å². The molecule has 0 amide bonds. The Labute approximate surface area is 207 Å². The summed E-state index contributed by atoms with van der Waals surface area (Å²) in [6, 6.07) is 15.8. The Hall–Kier alpha value is -4.09. The molecule has 0 saturated carbocycles. The summed E-state index contributed by atoms with van der Waals surface area (Å²) in [6.07, 6.45) is 3.35. The maximum absolute atomic E-state index is 13.3. The second-order valence-corrected chi connectivity index (χ2v) is 7.45. The molecular formula is C23H23ClFN9O. The number of halogens is 2. The predicted octanol–water partition coefficient (Wildman–Crippen LogP) is 3.85. The molecule has 0 atom stereocenters. The number of anilines is 4. The van der Waals surface area contributed by atoms with Gasteiger partial charge >= 0.3 is 0 Å². The lowest BCUT2D eigenvalue weighted by molar-refractivity contribution is 0.122. The van der Waals surface area contributed by atoms with Crippen molar-refractivity contribution in [2.45, 2.75) is 0 Å². The quantitative estimate of drug-likeness (QED) is 0.261. The standard InChI is InChI=1S/C23H22FN9O.ClH/c24-18-6-8-19(9-7-18)27-21-28-22(30-23(29-21)33-10-12-34-13-11-33)32-26-15-17-14-25-31-20(17)16-4-2-1-3-5-16;/h1-9,14-15H,10-13H2,(H,25,31)(H2,27,28,29,30,32);1H. The maximum atomic E-state index is 13.3. The molecule has 2 aromatic heterocycles. The number of aromatic nitrogens is 5. The van der Waals surface area contributed by atoms with Gasteiger partial charge in [-0.1, -0.05) is 30.3 Å². The van der Waals surface area contributed by atoms with Crippen molar-refractivity contribution in [3.8, 4) is 11.3 Å². The summed E-state index contributed by atoms with van der Waals surface area (Å²) in [6.45, 7) is 2.52. The Morgan fingerprint density at radius 2 is 1.71 bits per heavy atom. The van der Waals surface area contributed by atoms with Crippen LogP contribution < -0.4 is 15.6 Å². The van der Waals surface area contributed by atoms with Crippen molar-refractivity contribution in [2.24, 2.45) is 5.10 Å². The summed E-state index contributed by atoms with van der Waals surface area (Å²) < 4.78 is 18.7. The number of aromatic amines is 1. The number of hydrazone groups is 1. The first-order valence-corrected chi connectivity index (χ1v) is 10.7. The fraction of sp³-hybridized carbons (Fsp3) is 0.174. The molecule has 4 aromatic rings. The maximum Gasteiger partial charge on any atom is 0.250 e. The van der Waals surface area contributed by atoms with Crippen molar-refractivity contribution in [3.05, 3.63) is 72.2 Å². The molecule has 12 heteroatoms. The molecule has 5 rings (SSSR count). The van der Waals surface area contributed by atoms with Crippen molar-refractivity contribution >= 4 is 42.2 Å². The van der Waals surface area contributed by atoms with E-state index in [4.69, 9.17) is 4.74 Å². The van der Waals surface area contributed by atoms with Gasteiger partial charge in [0.1, 0.15) is 5.82 Å². The van der Waals surface area contributed by atoms with Crippen molar-refractivity contribution in [3.63, 3.8) is 0 Å². The minimum Gasteiger partial charge on any atom is -0.378 e. The number of hydrogen-bond donors (Lipinski definition) is 3. The van der Waals surface area contributed by atoms with Gasteiger partial charge in [-0.05, 0) is 24.3 Å². The first-order valence-electron chi connectivity index (χ1n) is 10.7. The van der Waals surface area contributed by atoms with Gasteiger partial charge in [0.15, 0.2) is 0 Å². The van der Waals surface area contributed by atoms with Crippen LogP contribution in [0.4, 0.5) is 27.9 Å². The van der Waals surface area contributed by atoms with Crippen molar-refractivity contribution < 1.29 is 9.13 Å². The molecule has 0 unspecified atom stereocenters. The van der Waals surface area contributed by atoms with E-state index in [1.807, 2.05) is 35.2 Å². The zero-order valence-electron chi connectivity index (χ0n) is 18.6. The number of morpholine rings is 1. The molecule has 1 saturated heterocycles. The van der Waals surface area contributed by atoms with E-state index in [2.05, 4.69) is 41.0 Å². The highest BCUT2D eigenvalue weighted by atomic mass is 35.5. The van der Waals surface area contributed by atoms with Crippen LogP contribution in [0.25, 0.3) is 11.3 Å². The summed E-state index contributed by atoms with van der Waals surface area (Å²) in [5, 5.41) is 14.5. The summed E-state index contributed by atoms with van der Waals surface area (Å²) in [4.78, 5) is 15.5. The Morgan fingerprint density at radius 1 is 0.971 bits per heavy atom. The lowest BCUT2D eigenvalue weighted by Gasteiger charge is -2.27. The fourth-order valence-corrected chi connectivity index (χ4v) is 3.43. The van der Waals surface area contributed by atoms with E-state index in [0.717, 1.165) is 16.8 Å². The van der Waals surface area contributed by atoms with Gasteiger partial charge in [0.25, 0.3) is 0 Å². The van der Waals surface area contributed by atoms with Crippen LogP contribution in [-0.2, 0) is 4.74 Å². The van der Waals surface area contributed by atoms with Gasteiger partial charge in [0.2, 0.25) is 17.8 Å². The predicted molar refractivity (Wildman–Crippen MR) is 135 cm³/mol. The molecule has 1 aliphatic rings. The number of hydrogen-bond acceptors (Lipinski definition) is 9. The molecular weight excluding hydrogens is 473 g/mol. The number of H-pyrrole nitrogens is 1. The summed E-state index contributed by atoms with van der Waals surface area (Å²) in [5.41, 5.74) is 6.21. The Kier molecular flexibility index (Phi) is 7.81. The third-order valence-electron chi connectivity index (χ3n) is 5.12. The van der Waals surface area contributed by atoms with Gasteiger partial charge in [-0.2, -0.15) is 25.2 Å². The zero-order valence-corrected chi connectivity index (χ0v) is 19.4. The molecule has 180 valence electrons. The van der Waals surface area contributed by atoms with E-state index in [-0.39, 0.29) is 24.2 Å². The van der Waals surface area contributed by atoms with Crippen LogP contribution in [0.2, 0.25) is 0 Å². The second-order valence-electron chi connectivity index (χ2n) is 7.45. The Morgan fingerprint density at radius 3 is 2.49 bits per heavy atom. The highest BCUT2D eigenvalue weighted by molar-refractivity contribution is 5.88. The third-order valence-corrected chi connectivity index (χ3v) is 5.12. The summed E-state index contributed by atoms with van der Waals surface area (Å²) in [5.74, 6) is 0.756. The summed E-state index contributed by atoms with van der Waals surface area (Å²) in [7, 11) is 0. The number of benzene rings is 2. The topological polar surface area (TPSA) is 116 Å². The van der Waals surface area contributed by atoms with Gasteiger partial charge in [0, 0.05) is 29.9 Å². The lowest BCUT2D eigenvalue weighted by atomic mass is 10.1. The molecule has 3 heterocycles. The second kappa shape index (κ2) is 11.4. The molecule has 3 N–H and O–H groups in total. The first-order chi connectivity index (χ1) is 16.7. The van der Waals surface area contributed by atoms with Crippen LogP contribution in [0.1, 0.15) is 5.56 Å². The minimum absolute atomic E-state index is 0. The molecule has 0 aliphatic carbocycles. The third kappa shape index (κ3) is 6.08. The number of ether oxygens (including phenoxy) is 1. The fourth-order valence-electron chi connectivity index (χ4n) is 3.43. The van der Waals surface area contributed by atoms with Crippen LogP contribution in [0.3, 0.4) is 0 Å². The highest BCUT2D eigenvalue weighted by Crippen LogP contribution is 2.21. The average Bonchev–Trinajstić information content (AvgIpc) is 3.35. The average molecular weight is 496 g/mol. The van der Waals surface area contributed by atoms with Gasteiger partial charge in [0.05, 0.1) is 31.3 Å². The van der Waals surface area contributed by atoms with Gasteiger partial charge in [-0.25, -0.2) is 9.82 Å². The molecule has 1 fully saturated rings. The van der Waals surface area contributed by atoms with E-state index in [9.17, 15) is 4.39 Å². The molecule has 35 heavy (non-hydrogen) atoms. The highest BCUT2D eigenvalue weighted by Gasteiger charge is 2.17. The van der Waals surface area contributed by atoms with Crippen molar-refractivity contribution in [1.29, 1.82) is 0 Å². The Bertz CT molecular complexity index is 1260. The zero-order chi connectivity index (χ0) is 23.2. The number of nitrogens with zero attached hydrogens (tertiary/aromatic N) is 6. The van der Waals surface area contributed by atoms with Crippen molar-refractivity contribution in [2.75, 3.05) is 41.9 Å². The molecule has 0 spiro atoms. The number of rotatable bonds is 7. The first kappa shape index (κ1) is 24.0. The Balaban J connectivity index is 0.00000289. The molecule has 0 bridgehead atoms. The minimum atomic E-state index is -0.319. The molecule has 1 aliphatic heterocycles. The van der Waals surface area contributed by atoms with E-state index in [1.54, 1.807) is 24.5 Å². The SMILES string of the molecule is Cl.Fc1ccc(Nc2nc(NN=Cc3cn[nH]c3-c3ccccc3)nc(N3CCOCC3)n2)cc1.